The number of unbranched alkanes of at least 4 members (excludes halogenated alkanes) is 28. The van der Waals surface area contributed by atoms with Crippen LogP contribution in [0.5, 0.6) is 0 Å². The van der Waals surface area contributed by atoms with Crippen LogP contribution in [0.3, 0.4) is 0 Å². The van der Waals surface area contributed by atoms with Crippen LogP contribution in [0.15, 0.2) is 146 Å². The SMILES string of the molecule is CC/C=C\C/C=C\C/C=C\C/C=C\C/C=C\C/C=C\CCCCCCCCCCCCCCCCCCCCCCC(=O)OC(COC(=O)CCCCCCCCCC/C=C\C/C=C\C/C=C\C/C=C\C/C=C\C/C=C\CC)COC(OCC[N+](C)(C)C)C(=O)O. The number of rotatable bonds is 67. The Kier molecular flexibility index (Phi) is 67.3. The van der Waals surface area contributed by atoms with E-state index in [4.69, 9.17) is 18.9 Å². The first-order chi connectivity index (χ1) is 44.6. The fourth-order valence-electron chi connectivity index (χ4n) is 10.0. The van der Waals surface area contributed by atoms with Gasteiger partial charge >= 0.3 is 17.9 Å². The van der Waals surface area contributed by atoms with E-state index in [9.17, 15) is 19.5 Å². The number of carbonyl (C=O) groups is 3. The lowest BCUT2D eigenvalue weighted by atomic mass is 10.0. The predicted molar refractivity (Wildman–Crippen MR) is 391 cm³/mol. The number of likely N-dealkylation sites (N-methyl/N-ethyl adjacent to an activating group) is 1. The summed E-state index contributed by atoms with van der Waals surface area (Å²) in [7, 11) is 5.97. The van der Waals surface area contributed by atoms with Crippen LogP contribution < -0.4 is 0 Å². The third kappa shape index (κ3) is 72.5. The summed E-state index contributed by atoms with van der Waals surface area (Å²) in [6.07, 6.45) is 101. The van der Waals surface area contributed by atoms with Crippen molar-refractivity contribution in [3.8, 4) is 0 Å². The van der Waals surface area contributed by atoms with Gasteiger partial charge in [0.1, 0.15) is 13.2 Å². The lowest BCUT2D eigenvalue weighted by Gasteiger charge is -2.25. The Morgan fingerprint density at radius 3 is 0.879 bits per heavy atom. The topological polar surface area (TPSA) is 108 Å². The van der Waals surface area contributed by atoms with Gasteiger partial charge in [-0.3, -0.25) is 9.59 Å². The molecule has 91 heavy (non-hydrogen) atoms. The van der Waals surface area contributed by atoms with E-state index >= 15 is 0 Å². The molecule has 0 saturated heterocycles. The minimum absolute atomic E-state index is 0.181. The molecule has 2 atom stereocenters. The van der Waals surface area contributed by atoms with Crippen LogP contribution in [0.1, 0.15) is 296 Å². The van der Waals surface area contributed by atoms with Crippen molar-refractivity contribution in [1.29, 1.82) is 0 Å². The van der Waals surface area contributed by atoms with Crippen molar-refractivity contribution in [2.45, 2.75) is 309 Å². The van der Waals surface area contributed by atoms with Crippen LogP contribution in [0, 0.1) is 0 Å². The second-order valence-corrected chi connectivity index (χ2v) is 25.5. The van der Waals surface area contributed by atoms with Gasteiger partial charge in [-0.2, -0.15) is 0 Å². The molecule has 1 N–H and O–H groups in total. The number of nitrogens with zero attached hydrogens (tertiary/aromatic N) is 1. The molecule has 0 radical (unpaired) electrons. The fraction of sp³-hybridized carbons (Fsp3) is 0.671. The van der Waals surface area contributed by atoms with E-state index in [-0.39, 0.29) is 38.6 Å². The molecular formula is C82H138NO8+. The number of ether oxygens (including phenoxy) is 4. The number of quaternary nitrogens is 1. The summed E-state index contributed by atoms with van der Waals surface area (Å²) >= 11 is 0. The lowest BCUT2D eigenvalue weighted by Crippen LogP contribution is -2.40. The molecule has 9 heteroatoms. The average molecular weight is 1270 g/mol. The third-order valence-corrected chi connectivity index (χ3v) is 15.6. The van der Waals surface area contributed by atoms with Crippen LogP contribution >= 0.6 is 0 Å². The van der Waals surface area contributed by atoms with Gasteiger partial charge in [-0.15, -0.1) is 0 Å². The number of allylic oxidation sites excluding steroid dienone is 24. The fourth-order valence-corrected chi connectivity index (χ4v) is 10.0. The molecule has 0 aromatic carbocycles. The minimum Gasteiger partial charge on any atom is -0.477 e. The summed E-state index contributed by atoms with van der Waals surface area (Å²) < 4.78 is 23.0. The molecule has 0 aromatic heterocycles. The number of hydrogen-bond acceptors (Lipinski definition) is 7. The molecule has 0 bridgehead atoms. The van der Waals surface area contributed by atoms with Crippen molar-refractivity contribution < 1.29 is 42.9 Å². The zero-order chi connectivity index (χ0) is 66.1. The summed E-state index contributed by atoms with van der Waals surface area (Å²) in [5, 5.41) is 9.76. The largest absolute Gasteiger partial charge is 0.477 e. The number of aliphatic carboxylic acids is 1. The van der Waals surface area contributed by atoms with Crippen LogP contribution in [0.25, 0.3) is 0 Å². The second kappa shape index (κ2) is 71.0. The Hall–Kier alpha value is -4.83. The highest BCUT2D eigenvalue weighted by Crippen LogP contribution is 2.17. The summed E-state index contributed by atoms with van der Waals surface area (Å²) in [6, 6.07) is 0. The van der Waals surface area contributed by atoms with Gasteiger partial charge in [0.25, 0.3) is 6.29 Å². The number of esters is 2. The van der Waals surface area contributed by atoms with E-state index in [1.54, 1.807) is 0 Å². The maximum Gasteiger partial charge on any atom is 0.361 e. The lowest BCUT2D eigenvalue weighted by molar-refractivity contribution is -0.870. The van der Waals surface area contributed by atoms with E-state index in [0.29, 0.717) is 11.0 Å². The van der Waals surface area contributed by atoms with Crippen molar-refractivity contribution in [2.75, 3.05) is 47.5 Å². The number of hydrogen-bond donors (Lipinski definition) is 1. The zero-order valence-electron chi connectivity index (χ0n) is 59.2. The Morgan fingerprint density at radius 2 is 0.593 bits per heavy atom. The van der Waals surface area contributed by atoms with Crippen molar-refractivity contribution in [2.24, 2.45) is 0 Å². The highest BCUT2D eigenvalue weighted by Gasteiger charge is 2.25. The molecule has 2 unspecified atom stereocenters. The number of carboxylic acids is 1. The minimum atomic E-state index is -1.52. The summed E-state index contributed by atoms with van der Waals surface area (Å²) in [6.45, 7) is 4.65. The summed E-state index contributed by atoms with van der Waals surface area (Å²) in [5.74, 6) is -2.01. The molecule has 518 valence electrons. The third-order valence-electron chi connectivity index (χ3n) is 15.6. The molecule has 0 aliphatic carbocycles. The Balaban J connectivity index is 4.08. The van der Waals surface area contributed by atoms with Gasteiger partial charge in [-0.25, -0.2) is 4.79 Å². The van der Waals surface area contributed by atoms with Gasteiger partial charge in [-0.05, 0) is 116 Å². The van der Waals surface area contributed by atoms with Crippen LogP contribution in [-0.2, 0) is 33.3 Å². The van der Waals surface area contributed by atoms with Crippen LogP contribution in [0.2, 0.25) is 0 Å². The molecule has 0 aliphatic rings. The molecular weight excluding hydrogens is 1130 g/mol. The maximum absolute atomic E-state index is 13.0. The molecule has 9 nitrogen and oxygen atoms in total. The van der Waals surface area contributed by atoms with Crippen LogP contribution in [-0.4, -0.2) is 87.4 Å². The molecule has 0 aliphatic heterocycles. The number of carboxylic acid groups (broad SMARTS) is 1. The smallest absolute Gasteiger partial charge is 0.361 e. The monoisotopic (exact) mass is 1270 g/mol. The Bertz CT molecular complexity index is 2010. The van der Waals surface area contributed by atoms with Gasteiger partial charge in [0.15, 0.2) is 6.10 Å². The molecule has 0 heterocycles. The predicted octanol–water partition coefficient (Wildman–Crippen LogP) is 23.5. The molecule has 0 saturated carbocycles. The molecule has 0 aromatic rings. The average Bonchev–Trinajstić information content (AvgIpc) is 3.46. The van der Waals surface area contributed by atoms with E-state index in [0.717, 1.165) is 128 Å². The zero-order valence-corrected chi connectivity index (χ0v) is 59.2. The first-order valence-electron chi connectivity index (χ1n) is 37.0. The molecule has 0 fully saturated rings. The van der Waals surface area contributed by atoms with Crippen molar-refractivity contribution >= 4 is 17.9 Å². The summed E-state index contributed by atoms with van der Waals surface area (Å²) in [5.41, 5.74) is 0. The van der Waals surface area contributed by atoms with Crippen molar-refractivity contribution in [1.82, 2.24) is 0 Å². The molecule has 0 rings (SSSR count). The normalized spacial score (nSPS) is 13.5. The molecule has 0 amide bonds. The van der Waals surface area contributed by atoms with Gasteiger partial charge in [0, 0.05) is 12.8 Å². The van der Waals surface area contributed by atoms with Crippen LogP contribution in [0.4, 0.5) is 0 Å². The van der Waals surface area contributed by atoms with E-state index in [2.05, 4.69) is 160 Å². The Labute approximate surface area is 560 Å². The standard InChI is InChI=1S/C82H137NO8/c1-6-8-10-12-14-16-18-20-22-24-26-28-30-32-34-35-36-37-38-39-40-41-42-43-44-45-47-49-51-53-55-57-59-61-63-65-67-69-71-73-80(85)91-78(77-90-82(81(86)87)88-75-74-83(3,4)5)76-89-79(84)72-70-68-66-64-62-60-58-56-54-52-50-48-46-33-31-29-27-25-23-21-19-17-15-13-11-9-7-2/h8-11,14-17,20-23,26-29,32-34,36-37,46,50,52,78,82H,6-7,12-13,18-19,24-25,30-31,35,38-45,47-49,51,53-77H2,1-5H3/p+1/b10-8-,11-9-,16-14-,17-15-,22-20-,23-21-,28-26-,29-27-,34-32-,37-36-,46-33-,52-50-. The highest BCUT2D eigenvalue weighted by molar-refractivity contribution is 5.71. The van der Waals surface area contributed by atoms with E-state index in [1.807, 2.05) is 21.1 Å². The van der Waals surface area contributed by atoms with Crippen molar-refractivity contribution in [3.05, 3.63) is 146 Å². The van der Waals surface area contributed by atoms with Gasteiger partial charge < -0.3 is 28.5 Å². The Morgan fingerprint density at radius 1 is 0.330 bits per heavy atom. The number of carbonyl (C=O) groups excluding carboxylic acids is 2. The molecule has 0 spiro atoms. The van der Waals surface area contributed by atoms with Crippen molar-refractivity contribution in [3.63, 3.8) is 0 Å². The summed E-state index contributed by atoms with van der Waals surface area (Å²) in [4.78, 5) is 37.7. The first-order valence-corrected chi connectivity index (χ1v) is 37.0. The second-order valence-electron chi connectivity index (χ2n) is 25.5. The first kappa shape index (κ1) is 86.2. The van der Waals surface area contributed by atoms with Gasteiger partial charge in [0.05, 0.1) is 34.4 Å². The van der Waals surface area contributed by atoms with E-state index < -0.39 is 24.3 Å². The quantitative estimate of drug-likeness (QED) is 0.0211. The van der Waals surface area contributed by atoms with Gasteiger partial charge in [-0.1, -0.05) is 314 Å². The maximum atomic E-state index is 13.0. The van der Waals surface area contributed by atoms with E-state index in [1.165, 1.54) is 141 Å². The van der Waals surface area contributed by atoms with Gasteiger partial charge in [0.2, 0.25) is 0 Å². The highest BCUT2D eigenvalue weighted by atomic mass is 16.7.